The molecule has 0 spiro atoms. The molecule has 8 nitrogen and oxygen atoms in total. The number of hydrogen-bond donors (Lipinski definition) is 2. The van der Waals surface area contributed by atoms with E-state index in [1.807, 2.05) is 31.4 Å². The molecule has 5 heterocycles. The second kappa shape index (κ2) is 9.42. The second-order valence-corrected chi connectivity index (χ2v) is 10.3. The average Bonchev–Trinajstić information content (AvgIpc) is 3.19. The summed E-state index contributed by atoms with van der Waals surface area (Å²) in [5.41, 5.74) is 3.50. The lowest BCUT2D eigenvalue weighted by molar-refractivity contribution is 0.178. The predicted molar refractivity (Wildman–Crippen MR) is 139 cm³/mol. The molecular weight excluding hydrogens is 474 g/mol. The van der Waals surface area contributed by atoms with Crippen molar-refractivity contribution in [3.63, 3.8) is 0 Å². The van der Waals surface area contributed by atoms with Gasteiger partial charge in [-0.25, -0.2) is 28.7 Å². The van der Waals surface area contributed by atoms with Gasteiger partial charge in [0.25, 0.3) is 0 Å². The van der Waals surface area contributed by atoms with Gasteiger partial charge in [0.2, 0.25) is 5.95 Å². The minimum absolute atomic E-state index is 0.0199. The summed E-state index contributed by atoms with van der Waals surface area (Å²) in [5.74, 6) is 1.10. The number of rotatable bonds is 6. The number of aryl methyl sites for hydroxylation is 1. The maximum atomic E-state index is 15.0. The van der Waals surface area contributed by atoms with Gasteiger partial charge in [-0.05, 0) is 50.5 Å². The Labute approximate surface area is 214 Å². The van der Waals surface area contributed by atoms with Crippen molar-refractivity contribution in [2.45, 2.75) is 39.8 Å². The summed E-state index contributed by atoms with van der Waals surface area (Å²) < 4.78 is 31.8. The highest BCUT2D eigenvalue weighted by Gasteiger charge is 2.24. The van der Waals surface area contributed by atoms with Crippen molar-refractivity contribution < 1.29 is 8.78 Å². The van der Waals surface area contributed by atoms with Gasteiger partial charge < -0.3 is 15.2 Å². The lowest BCUT2D eigenvalue weighted by Gasteiger charge is -2.35. The van der Waals surface area contributed by atoms with E-state index in [2.05, 4.69) is 36.6 Å². The lowest BCUT2D eigenvalue weighted by atomic mass is 10.00. The molecule has 0 saturated carbocycles. The summed E-state index contributed by atoms with van der Waals surface area (Å²) in [7, 11) is 0. The monoisotopic (exact) mass is 504 g/mol. The van der Waals surface area contributed by atoms with Crippen LogP contribution in [0.15, 0.2) is 30.5 Å². The van der Waals surface area contributed by atoms with Gasteiger partial charge in [-0.1, -0.05) is 6.07 Å². The Morgan fingerprint density at radius 2 is 1.95 bits per heavy atom. The van der Waals surface area contributed by atoms with E-state index in [1.54, 1.807) is 6.07 Å². The zero-order valence-electron chi connectivity index (χ0n) is 21.2. The van der Waals surface area contributed by atoms with Crippen LogP contribution in [-0.2, 0) is 13.0 Å². The Balaban J connectivity index is 1.26. The third-order valence-corrected chi connectivity index (χ3v) is 7.21. The molecule has 2 N–H and O–H groups in total. The third kappa shape index (κ3) is 4.55. The fraction of sp³-hybridized carbons (Fsp3) is 0.407. The van der Waals surface area contributed by atoms with Gasteiger partial charge >= 0.3 is 0 Å². The summed E-state index contributed by atoms with van der Waals surface area (Å²) in [4.78, 5) is 20.1. The number of imidazole rings is 1. The molecule has 2 aliphatic heterocycles. The standard InChI is InChI=1S/C27H30F2N8/c1-15(2)37-16(3)32-26-20(28)8-19(9-23(26)37)25-21(29)12-31-27(35-25)34-24-5-4-18-14-36(7-6-22(18)33-24)13-17-10-30-11-17/h4-5,8-9,12,15,17,30H,6-7,10-11,13-14H2,1-3H3,(H,31,33,34,35). The van der Waals surface area contributed by atoms with Gasteiger partial charge in [-0.3, -0.25) is 4.90 Å². The molecule has 10 heteroatoms. The van der Waals surface area contributed by atoms with Gasteiger partial charge in [0.15, 0.2) is 11.6 Å². The Bertz CT molecular complexity index is 1480. The number of benzene rings is 1. The van der Waals surface area contributed by atoms with Crippen molar-refractivity contribution in [3.8, 4) is 11.3 Å². The fourth-order valence-corrected chi connectivity index (χ4v) is 5.34. The maximum absolute atomic E-state index is 15.0. The number of nitrogens with zero attached hydrogens (tertiary/aromatic N) is 6. The Hall–Kier alpha value is -3.50. The Kier molecular flexibility index (Phi) is 6.08. The molecule has 1 saturated heterocycles. The topological polar surface area (TPSA) is 83.8 Å². The van der Waals surface area contributed by atoms with E-state index in [-0.39, 0.29) is 23.2 Å². The number of anilines is 2. The van der Waals surface area contributed by atoms with E-state index < -0.39 is 11.6 Å². The van der Waals surface area contributed by atoms with E-state index in [0.717, 1.165) is 57.0 Å². The van der Waals surface area contributed by atoms with Crippen molar-refractivity contribution in [1.82, 2.24) is 34.7 Å². The van der Waals surface area contributed by atoms with Crippen LogP contribution in [0.5, 0.6) is 0 Å². The van der Waals surface area contributed by atoms with Gasteiger partial charge in [0.1, 0.15) is 22.9 Å². The number of nitrogens with one attached hydrogen (secondary N) is 2. The summed E-state index contributed by atoms with van der Waals surface area (Å²) in [6.07, 6.45) is 1.98. The third-order valence-electron chi connectivity index (χ3n) is 7.21. The number of fused-ring (bicyclic) bond motifs is 2. The van der Waals surface area contributed by atoms with Crippen LogP contribution in [0.25, 0.3) is 22.3 Å². The zero-order chi connectivity index (χ0) is 25.7. The molecule has 37 heavy (non-hydrogen) atoms. The van der Waals surface area contributed by atoms with Crippen molar-refractivity contribution in [3.05, 3.63) is 59.2 Å². The van der Waals surface area contributed by atoms with Crippen LogP contribution in [-0.4, -0.2) is 55.6 Å². The summed E-state index contributed by atoms with van der Waals surface area (Å²) in [5, 5.41) is 6.44. The van der Waals surface area contributed by atoms with E-state index in [0.29, 0.717) is 22.7 Å². The van der Waals surface area contributed by atoms with Crippen LogP contribution in [0.4, 0.5) is 20.5 Å². The molecular formula is C27H30F2N8. The van der Waals surface area contributed by atoms with Crippen LogP contribution >= 0.6 is 0 Å². The van der Waals surface area contributed by atoms with Gasteiger partial charge in [0.05, 0.1) is 11.7 Å². The van der Waals surface area contributed by atoms with Crippen LogP contribution in [0, 0.1) is 24.5 Å². The van der Waals surface area contributed by atoms with E-state index in [9.17, 15) is 8.78 Å². The van der Waals surface area contributed by atoms with Crippen LogP contribution < -0.4 is 10.6 Å². The smallest absolute Gasteiger partial charge is 0.229 e. The molecule has 2 aliphatic rings. The predicted octanol–water partition coefficient (Wildman–Crippen LogP) is 4.38. The highest BCUT2D eigenvalue weighted by molar-refractivity contribution is 5.83. The molecule has 192 valence electrons. The number of hydrogen-bond acceptors (Lipinski definition) is 7. The minimum Gasteiger partial charge on any atom is -0.326 e. The van der Waals surface area contributed by atoms with E-state index in [4.69, 9.17) is 4.98 Å². The second-order valence-electron chi connectivity index (χ2n) is 10.3. The molecule has 1 aromatic carbocycles. The normalized spacial score (nSPS) is 16.3. The number of halogens is 2. The maximum Gasteiger partial charge on any atom is 0.229 e. The first-order chi connectivity index (χ1) is 17.9. The van der Waals surface area contributed by atoms with Crippen LogP contribution in [0.2, 0.25) is 0 Å². The molecule has 4 aromatic rings. The van der Waals surface area contributed by atoms with Crippen molar-refractivity contribution in [2.75, 3.05) is 31.5 Å². The van der Waals surface area contributed by atoms with Crippen molar-refractivity contribution >= 4 is 22.8 Å². The van der Waals surface area contributed by atoms with Crippen molar-refractivity contribution in [2.24, 2.45) is 5.92 Å². The molecule has 0 aliphatic carbocycles. The van der Waals surface area contributed by atoms with Crippen LogP contribution in [0.3, 0.4) is 0 Å². The quantitative estimate of drug-likeness (QED) is 0.403. The first-order valence-electron chi connectivity index (χ1n) is 12.8. The molecule has 0 unspecified atom stereocenters. The SMILES string of the molecule is Cc1nc2c(F)cc(-c3nc(Nc4ccc5c(n4)CCN(CC4CNC4)C5)ncc3F)cc2n1C(C)C. The Morgan fingerprint density at radius 1 is 1.11 bits per heavy atom. The molecule has 3 aromatic heterocycles. The molecule has 1 fully saturated rings. The van der Waals surface area contributed by atoms with Gasteiger partial charge in [-0.2, -0.15) is 0 Å². The molecule has 0 radical (unpaired) electrons. The fourth-order valence-electron chi connectivity index (χ4n) is 5.34. The zero-order valence-corrected chi connectivity index (χ0v) is 21.2. The van der Waals surface area contributed by atoms with Crippen molar-refractivity contribution in [1.29, 1.82) is 0 Å². The summed E-state index contributed by atoms with van der Waals surface area (Å²) in [6, 6.07) is 7.06. The summed E-state index contributed by atoms with van der Waals surface area (Å²) >= 11 is 0. The first-order valence-corrected chi connectivity index (χ1v) is 12.8. The highest BCUT2D eigenvalue weighted by atomic mass is 19.1. The van der Waals surface area contributed by atoms with Gasteiger partial charge in [-0.15, -0.1) is 0 Å². The average molecular weight is 505 g/mol. The van der Waals surface area contributed by atoms with E-state index in [1.165, 1.54) is 11.6 Å². The number of aromatic nitrogens is 5. The van der Waals surface area contributed by atoms with Gasteiger partial charge in [0, 0.05) is 56.4 Å². The summed E-state index contributed by atoms with van der Waals surface area (Å²) in [6.45, 7) is 11.0. The molecule has 0 amide bonds. The highest BCUT2D eigenvalue weighted by Crippen LogP contribution is 2.30. The molecule has 0 atom stereocenters. The number of pyridine rings is 1. The molecule has 0 bridgehead atoms. The van der Waals surface area contributed by atoms with Crippen LogP contribution in [0.1, 0.15) is 37.0 Å². The molecule has 6 rings (SSSR count). The van der Waals surface area contributed by atoms with E-state index >= 15 is 0 Å². The minimum atomic E-state index is -0.628. The largest absolute Gasteiger partial charge is 0.326 e. The first kappa shape index (κ1) is 23.9. The Morgan fingerprint density at radius 3 is 2.70 bits per heavy atom. The lowest BCUT2D eigenvalue weighted by Crippen LogP contribution is -2.49.